The van der Waals surface area contributed by atoms with Gasteiger partial charge in [0.05, 0.1) is 17.3 Å². The van der Waals surface area contributed by atoms with Gasteiger partial charge in [0.1, 0.15) is 17.4 Å². The molecule has 0 saturated carbocycles. The Labute approximate surface area is 220 Å². The number of aromatic nitrogens is 3. The van der Waals surface area contributed by atoms with Crippen molar-refractivity contribution in [3.63, 3.8) is 0 Å². The maximum Gasteiger partial charge on any atom is 0.410 e. The molecule has 196 valence electrons. The van der Waals surface area contributed by atoms with Gasteiger partial charge in [-0.3, -0.25) is 4.79 Å². The first kappa shape index (κ1) is 25.4. The number of likely N-dealkylation sites (tertiary alicyclic amines) is 2. The number of benzene rings is 1. The van der Waals surface area contributed by atoms with Gasteiger partial charge in [0.15, 0.2) is 5.82 Å². The maximum atomic E-state index is 12.8. The van der Waals surface area contributed by atoms with Crippen LogP contribution < -0.4 is 5.73 Å². The van der Waals surface area contributed by atoms with Gasteiger partial charge in [-0.2, -0.15) is 0 Å². The molecule has 2 aliphatic heterocycles. The Hall–Kier alpha value is -4.23. The molecule has 0 bridgehead atoms. The molecule has 3 aromatic rings. The second-order valence-electron chi connectivity index (χ2n) is 10.7. The molecule has 10 heteroatoms. The van der Waals surface area contributed by atoms with Crippen LogP contribution in [0.2, 0.25) is 0 Å². The number of hydrogen-bond donors (Lipinski definition) is 2. The van der Waals surface area contributed by atoms with E-state index in [4.69, 9.17) is 15.5 Å². The lowest BCUT2D eigenvalue weighted by Gasteiger charge is -2.41. The van der Waals surface area contributed by atoms with Gasteiger partial charge in [-0.1, -0.05) is 24.0 Å². The minimum atomic E-state index is -1.68. The number of carbonyl (C=O) groups excluding carboxylic acids is 2. The fraction of sp³-hybridized carbons (Fsp3) is 0.393. The summed E-state index contributed by atoms with van der Waals surface area (Å²) < 4.78 is 5.60. The van der Waals surface area contributed by atoms with Crippen LogP contribution in [0.15, 0.2) is 36.7 Å². The summed E-state index contributed by atoms with van der Waals surface area (Å²) in [7, 11) is 1.65. The van der Waals surface area contributed by atoms with Crippen molar-refractivity contribution in [1.29, 1.82) is 0 Å². The number of ether oxygens (including phenoxy) is 1. The molecule has 3 N–H and O–H groups in total. The van der Waals surface area contributed by atoms with Crippen molar-refractivity contribution in [2.24, 2.45) is 0 Å². The molecule has 4 heterocycles. The third-order valence-electron chi connectivity index (χ3n) is 6.74. The van der Waals surface area contributed by atoms with E-state index in [0.717, 1.165) is 17.5 Å². The molecule has 38 heavy (non-hydrogen) atoms. The van der Waals surface area contributed by atoms with E-state index >= 15 is 0 Å². The fourth-order valence-corrected chi connectivity index (χ4v) is 4.64. The Balaban J connectivity index is 1.53. The van der Waals surface area contributed by atoms with Crippen molar-refractivity contribution in [2.45, 2.75) is 50.9 Å². The van der Waals surface area contributed by atoms with E-state index in [1.165, 1.54) is 11.2 Å². The van der Waals surface area contributed by atoms with E-state index < -0.39 is 17.1 Å². The van der Waals surface area contributed by atoms with Crippen LogP contribution in [-0.4, -0.2) is 73.2 Å². The van der Waals surface area contributed by atoms with Crippen molar-refractivity contribution in [1.82, 2.24) is 24.8 Å². The monoisotopic (exact) mass is 514 g/mol. The van der Waals surface area contributed by atoms with Gasteiger partial charge >= 0.3 is 6.09 Å². The fourth-order valence-electron chi connectivity index (χ4n) is 4.64. The van der Waals surface area contributed by atoms with Crippen LogP contribution in [0, 0.1) is 11.8 Å². The highest BCUT2D eigenvalue weighted by Gasteiger charge is 2.42. The van der Waals surface area contributed by atoms with E-state index in [9.17, 15) is 14.7 Å². The van der Waals surface area contributed by atoms with Crippen LogP contribution in [0.1, 0.15) is 50.8 Å². The van der Waals surface area contributed by atoms with E-state index in [1.54, 1.807) is 18.0 Å². The molecule has 0 radical (unpaired) electrons. The van der Waals surface area contributed by atoms with Crippen molar-refractivity contribution < 1.29 is 19.4 Å². The molecule has 2 fully saturated rings. The van der Waals surface area contributed by atoms with E-state index in [0.29, 0.717) is 35.4 Å². The van der Waals surface area contributed by atoms with Crippen LogP contribution in [0.25, 0.3) is 22.3 Å². The standard InChI is InChI=1S/C28H30N6O4/c1-27(2,3)38-26(36)34-12-9-21(34)19-15-20(32-23-22(19)30-16-31-24(23)29)18-7-5-6-17(14-18)8-10-28(37)11-13-33(4)25(28)35/h5-7,14-16,21,37H,9,11-13H2,1-4H3,(H2,29,30,31)/t21?,28-/m0/s1. The third kappa shape index (κ3) is 4.73. The first-order chi connectivity index (χ1) is 17.9. The van der Waals surface area contributed by atoms with Gasteiger partial charge < -0.3 is 25.4 Å². The number of amides is 2. The van der Waals surface area contributed by atoms with E-state index in [1.807, 2.05) is 45.0 Å². The van der Waals surface area contributed by atoms with Gasteiger partial charge in [0, 0.05) is 43.2 Å². The zero-order valence-electron chi connectivity index (χ0n) is 21.9. The van der Waals surface area contributed by atoms with E-state index in [-0.39, 0.29) is 24.4 Å². The Morgan fingerprint density at radius 3 is 2.66 bits per heavy atom. The summed E-state index contributed by atoms with van der Waals surface area (Å²) in [6, 6.07) is 9.02. The number of pyridine rings is 1. The number of anilines is 1. The van der Waals surface area contributed by atoms with Crippen molar-refractivity contribution in [3.8, 4) is 23.1 Å². The summed E-state index contributed by atoms with van der Waals surface area (Å²) in [6.45, 7) is 6.54. The topological polar surface area (TPSA) is 135 Å². The van der Waals surface area contributed by atoms with Crippen molar-refractivity contribution in [3.05, 3.63) is 47.8 Å². The average molecular weight is 515 g/mol. The van der Waals surface area contributed by atoms with E-state index in [2.05, 4.69) is 21.8 Å². The Kier molecular flexibility index (Phi) is 6.19. The summed E-state index contributed by atoms with van der Waals surface area (Å²) >= 11 is 0. The Morgan fingerprint density at radius 2 is 2.00 bits per heavy atom. The lowest BCUT2D eigenvalue weighted by molar-refractivity contribution is -0.137. The van der Waals surface area contributed by atoms with Crippen LogP contribution >= 0.6 is 0 Å². The number of rotatable bonds is 2. The lowest BCUT2D eigenvalue weighted by Crippen LogP contribution is -2.47. The molecule has 2 aliphatic rings. The Morgan fingerprint density at radius 1 is 1.21 bits per heavy atom. The summed E-state index contributed by atoms with van der Waals surface area (Å²) in [5.74, 6) is 5.54. The largest absolute Gasteiger partial charge is 0.444 e. The second-order valence-corrected chi connectivity index (χ2v) is 10.7. The summed E-state index contributed by atoms with van der Waals surface area (Å²) in [5, 5.41) is 10.7. The van der Waals surface area contributed by atoms with Crippen molar-refractivity contribution >= 4 is 28.9 Å². The predicted molar refractivity (Wildman–Crippen MR) is 142 cm³/mol. The number of hydrogen-bond acceptors (Lipinski definition) is 8. The number of nitrogens with zero attached hydrogens (tertiary/aromatic N) is 5. The summed E-state index contributed by atoms with van der Waals surface area (Å²) in [4.78, 5) is 41.6. The van der Waals surface area contributed by atoms with Gasteiger partial charge in [0.25, 0.3) is 5.91 Å². The number of nitrogens with two attached hydrogens (primary N) is 1. The van der Waals surface area contributed by atoms with Crippen LogP contribution in [0.4, 0.5) is 10.6 Å². The summed E-state index contributed by atoms with van der Waals surface area (Å²) in [5.41, 5.74) is 7.73. The molecule has 5 rings (SSSR count). The quantitative estimate of drug-likeness (QED) is 0.499. The maximum absolute atomic E-state index is 12.8. The van der Waals surface area contributed by atoms with Gasteiger partial charge in [0.2, 0.25) is 5.60 Å². The number of nitrogen functional groups attached to an aromatic ring is 1. The number of aliphatic hydroxyl groups is 1. The highest BCUT2D eigenvalue weighted by atomic mass is 16.6. The molecule has 2 amide bonds. The molecule has 1 unspecified atom stereocenters. The van der Waals surface area contributed by atoms with Crippen molar-refractivity contribution in [2.75, 3.05) is 25.9 Å². The molecular formula is C28H30N6O4. The highest BCUT2D eigenvalue weighted by Crippen LogP contribution is 2.39. The van der Waals surface area contributed by atoms with Gasteiger partial charge in [-0.05, 0) is 45.4 Å². The number of fused-ring (bicyclic) bond motifs is 1. The smallest absolute Gasteiger partial charge is 0.410 e. The normalized spacial score (nSPS) is 21.2. The average Bonchev–Trinajstić information content (AvgIpc) is 3.09. The first-order valence-electron chi connectivity index (χ1n) is 12.5. The molecule has 0 spiro atoms. The molecule has 1 aromatic carbocycles. The molecule has 0 aliphatic carbocycles. The number of likely N-dealkylation sites (N-methyl/N-ethyl adjacent to an activating group) is 1. The third-order valence-corrected chi connectivity index (χ3v) is 6.74. The number of carbonyl (C=O) groups is 2. The Bertz CT molecular complexity index is 1500. The first-order valence-corrected chi connectivity index (χ1v) is 12.5. The second kappa shape index (κ2) is 9.26. The lowest BCUT2D eigenvalue weighted by atomic mass is 9.92. The zero-order chi connectivity index (χ0) is 27.2. The van der Waals surface area contributed by atoms with Gasteiger partial charge in [-0.25, -0.2) is 19.7 Å². The molecule has 10 nitrogen and oxygen atoms in total. The minimum Gasteiger partial charge on any atom is -0.444 e. The highest BCUT2D eigenvalue weighted by molar-refractivity contribution is 5.91. The van der Waals surface area contributed by atoms with Crippen LogP contribution in [-0.2, 0) is 9.53 Å². The SMILES string of the molecule is CN1CC[C@@](O)(C#Cc2cccc(-c3cc(C4CCN4C(=O)OC(C)(C)C)c4ncnc(N)c4n3)c2)C1=O. The summed E-state index contributed by atoms with van der Waals surface area (Å²) in [6.07, 6.45) is 2.01. The molecule has 2 saturated heterocycles. The van der Waals surface area contributed by atoms with Gasteiger partial charge in [-0.15, -0.1) is 0 Å². The van der Waals surface area contributed by atoms with Crippen LogP contribution in [0.3, 0.4) is 0 Å². The minimum absolute atomic E-state index is 0.239. The molecule has 2 aromatic heterocycles. The van der Waals surface area contributed by atoms with Crippen LogP contribution in [0.5, 0.6) is 0 Å². The predicted octanol–water partition coefficient (Wildman–Crippen LogP) is 2.90. The molecular weight excluding hydrogens is 484 g/mol. The zero-order valence-corrected chi connectivity index (χ0v) is 21.9. The molecule has 2 atom stereocenters.